The summed E-state index contributed by atoms with van der Waals surface area (Å²) >= 11 is 6.26. The fourth-order valence-corrected chi connectivity index (χ4v) is 4.11. The van der Waals surface area contributed by atoms with Gasteiger partial charge >= 0.3 is 0 Å². The Kier molecular flexibility index (Phi) is 5.62. The largest absolute Gasteiger partial charge is 0.353 e. The zero-order valence-electron chi connectivity index (χ0n) is 17.2. The summed E-state index contributed by atoms with van der Waals surface area (Å²) in [6, 6.07) is 24.3. The quantitative estimate of drug-likeness (QED) is 0.546. The topological polar surface area (TPSA) is 30.9 Å². The minimum atomic E-state index is 0.691. The number of nitrogens with one attached hydrogen (secondary N) is 1. The molecule has 1 N–H and O–H groups in total. The number of halogens is 1. The molecule has 5 rings (SSSR count). The molecule has 0 saturated carbocycles. The highest BCUT2D eigenvalue weighted by Crippen LogP contribution is 2.36. The van der Waals surface area contributed by atoms with Crippen LogP contribution < -0.4 is 5.32 Å². The van der Waals surface area contributed by atoms with E-state index in [1.54, 1.807) is 0 Å². The van der Waals surface area contributed by atoms with Gasteiger partial charge in [-0.05, 0) is 42.5 Å². The van der Waals surface area contributed by atoms with Gasteiger partial charge in [0, 0.05) is 48.0 Å². The van der Waals surface area contributed by atoms with Crippen molar-refractivity contribution in [1.29, 1.82) is 0 Å². The molecule has 154 valence electrons. The lowest BCUT2D eigenvalue weighted by Crippen LogP contribution is -2.49. The Hall–Kier alpha value is -3.26. The number of piperazine rings is 1. The molecular formula is C26H23ClN4. The Bertz CT molecular complexity index is 1170. The third kappa shape index (κ3) is 4.44. The van der Waals surface area contributed by atoms with Crippen molar-refractivity contribution in [3.05, 3.63) is 88.9 Å². The number of rotatable bonds is 1. The van der Waals surface area contributed by atoms with Crippen LogP contribution in [0.4, 0.5) is 17.1 Å². The van der Waals surface area contributed by atoms with Gasteiger partial charge in [0.05, 0.1) is 17.9 Å². The van der Waals surface area contributed by atoms with Crippen molar-refractivity contribution in [3.63, 3.8) is 0 Å². The van der Waals surface area contributed by atoms with Crippen LogP contribution in [0.5, 0.6) is 0 Å². The number of para-hydroxylation sites is 1. The van der Waals surface area contributed by atoms with Crippen LogP contribution in [-0.2, 0) is 0 Å². The van der Waals surface area contributed by atoms with E-state index in [0.717, 1.165) is 66.7 Å². The highest BCUT2D eigenvalue weighted by molar-refractivity contribution is 6.31. The molecule has 2 aliphatic heterocycles. The molecule has 2 heterocycles. The van der Waals surface area contributed by atoms with E-state index in [4.69, 9.17) is 16.6 Å². The first-order chi connectivity index (χ1) is 15.3. The predicted octanol–water partition coefficient (Wildman–Crippen LogP) is 5.14. The molecule has 0 amide bonds. The van der Waals surface area contributed by atoms with Crippen LogP contribution in [0.15, 0.2) is 77.8 Å². The van der Waals surface area contributed by atoms with Crippen molar-refractivity contribution in [1.82, 2.24) is 9.80 Å². The van der Waals surface area contributed by atoms with Gasteiger partial charge < -0.3 is 10.2 Å². The zero-order chi connectivity index (χ0) is 21.0. The normalized spacial score (nSPS) is 15.5. The monoisotopic (exact) mass is 426 g/mol. The summed E-state index contributed by atoms with van der Waals surface area (Å²) in [5.74, 6) is 7.57. The summed E-state index contributed by atoms with van der Waals surface area (Å²) in [5.41, 5.74) is 5.09. The predicted molar refractivity (Wildman–Crippen MR) is 129 cm³/mol. The van der Waals surface area contributed by atoms with Crippen LogP contribution >= 0.6 is 11.6 Å². The molecule has 5 heteroatoms. The van der Waals surface area contributed by atoms with Crippen molar-refractivity contribution in [2.24, 2.45) is 4.99 Å². The number of anilines is 2. The van der Waals surface area contributed by atoms with E-state index in [0.29, 0.717) is 5.02 Å². The minimum absolute atomic E-state index is 0.691. The number of nitrogens with zero attached hydrogens (tertiary/aromatic N) is 3. The molecule has 0 atom stereocenters. The molecule has 0 aliphatic carbocycles. The van der Waals surface area contributed by atoms with Gasteiger partial charge in [0.2, 0.25) is 0 Å². The smallest absolute Gasteiger partial charge is 0.138 e. The second-order valence-electron chi connectivity index (χ2n) is 7.70. The van der Waals surface area contributed by atoms with Crippen LogP contribution in [0, 0.1) is 11.8 Å². The maximum atomic E-state index is 6.26. The molecule has 3 aromatic rings. The van der Waals surface area contributed by atoms with E-state index in [1.807, 2.05) is 54.6 Å². The SMILES string of the molecule is Clc1ccc2c(c1)N=C(N1CCN(CC#Cc3ccccc3)CC1)c1ccccc1N2. The van der Waals surface area contributed by atoms with Crippen LogP contribution in [0.3, 0.4) is 0 Å². The second-order valence-corrected chi connectivity index (χ2v) is 8.13. The van der Waals surface area contributed by atoms with Gasteiger partial charge in [0.25, 0.3) is 0 Å². The summed E-state index contributed by atoms with van der Waals surface area (Å²) < 4.78 is 0. The van der Waals surface area contributed by atoms with Crippen molar-refractivity contribution in [2.45, 2.75) is 0 Å². The number of amidine groups is 1. The average molecular weight is 427 g/mol. The highest BCUT2D eigenvalue weighted by atomic mass is 35.5. The standard InChI is InChI=1S/C26H23ClN4/c27-21-12-13-24-25(19-21)29-26(22-10-4-5-11-23(22)28-24)31-17-15-30(16-18-31)14-6-9-20-7-2-1-3-8-20/h1-5,7-8,10-13,19,28H,14-18H2. The van der Waals surface area contributed by atoms with E-state index in [9.17, 15) is 0 Å². The Morgan fingerprint density at radius 1 is 0.871 bits per heavy atom. The van der Waals surface area contributed by atoms with E-state index in [2.05, 4.69) is 45.2 Å². The lowest BCUT2D eigenvalue weighted by Gasteiger charge is -2.35. The van der Waals surface area contributed by atoms with Crippen molar-refractivity contribution in [3.8, 4) is 11.8 Å². The minimum Gasteiger partial charge on any atom is -0.353 e. The third-order valence-electron chi connectivity index (χ3n) is 5.60. The van der Waals surface area contributed by atoms with Gasteiger partial charge in [-0.15, -0.1) is 0 Å². The summed E-state index contributed by atoms with van der Waals surface area (Å²) in [6.07, 6.45) is 0. The zero-order valence-corrected chi connectivity index (χ0v) is 17.9. The summed E-state index contributed by atoms with van der Waals surface area (Å²) in [5, 5.41) is 4.21. The Morgan fingerprint density at radius 3 is 2.48 bits per heavy atom. The molecule has 0 bridgehead atoms. The first-order valence-corrected chi connectivity index (χ1v) is 10.9. The van der Waals surface area contributed by atoms with Gasteiger partial charge in [0.15, 0.2) is 0 Å². The van der Waals surface area contributed by atoms with Crippen LogP contribution in [0.1, 0.15) is 11.1 Å². The van der Waals surface area contributed by atoms with E-state index < -0.39 is 0 Å². The molecule has 3 aromatic carbocycles. The first kappa shape index (κ1) is 19.7. The summed E-state index contributed by atoms with van der Waals surface area (Å²) in [4.78, 5) is 9.82. The van der Waals surface area contributed by atoms with Crippen LogP contribution in [0.25, 0.3) is 0 Å². The summed E-state index contributed by atoms with van der Waals surface area (Å²) in [7, 11) is 0. The van der Waals surface area contributed by atoms with Gasteiger partial charge in [-0.1, -0.05) is 53.8 Å². The maximum Gasteiger partial charge on any atom is 0.138 e. The van der Waals surface area contributed by atoms with Crippen LogP contribution in [-0.4, -0.2) is 48.4 Å². The molecule has 1 fully saturated rings. The van der Waals surface area contributed by atoms with E-state index in [-0.39, 0.29) is 0 Å². The van der Waals surface area contributed by atoms with Crippen molar-refractivity contribution >= 4 is 34.5 Å². The lowest BCUT2D eigenvalue weighted by molar-refractivity contribution is 0.200. The molecule has 0 spiro atoms. The van der Waals surface area contributed by atoms with E-state index in [1.165, 1.54) is 0 Å². The van der Waals surface area contributed by atoms with Gasteiger partial charge in [-0.3, -0.25) is 4.90 Å². The van der Waals surface area contributed by atoms with E-state index >= 15 is 0 Å². The van der Waals surface area contributed by atoms with Crippen LogP contribution in [0.2, 0.25) is 5.02 Å². The molecule has 1 saturated heterocycles. The first-order valence-electron chi connectivity index (χ1n) is 10.5. The maximum absolute atomic E-state index is 6.26. The van der Waals surface area contributed by atoms with Gasteiger partial charge in [-0.25, -0.2) is 4.99 Å². The third-order valence-corrected chi connectivity index (χ3v) is 5.84. The number of fused-ring (bicyclic) bond motifs is 2. The second kappa shape index (κ2) is 8.85. The Morgan fingerprint density at radius 2 is 1.65 bits per heavy atom. The molecule has 2 aliphatic rings. The molecule has 31 heavy (non-hydrogen) atoms. The lowest BCUT2D eigenvalue weighted by atomic mass is 10.1. The van der Waals surface area contributed by atoms with Crippen molar-refractivity contribution in [2.75, 3.05) is 38.0 Å². The highest BCUT2D eigenvalue weighted by Gasteiger charge is 2.24. The number of benzene rings is 3. The molecule has 0 radical (unpaired) electrons. The summed E-state index contributed by atoms with van der Waals surface area (Å²) in [6.45, 7) is 4.53. The fourth-order valence-electron chi connectivity index (χ4n) is 3.94. The number of hydrogen-bond donors (Lipinski definition) is 1. The van der Waals surface area contributed by atoms with Crippen molar-refractivity contribution < 1.29 is 0 Å². The Labute approximate surface area is 188 Å². The number of hydrogen-bond acceptors (Lipinski definition) is 4. The number of aliphatic imine (C=N–C) groups is 1. The molecular weight excluding hydrogens is 404 g/mol. The van der Waals surface area contributed by atoms with Gasteiger partial charge in [-0.2, -0.15) is 0 Å². The molecule has 0 unspecified atom stereocenters. The molecule has 4 nitrogen and oxygen atoms in total. The molecule has 0 aromatic heterocycles. The fraction of sp³-hybridized carbons (Fsp3) is 0.192. The average Bonchev–Trinajstić information content (AvgIpc) is 2.97. The van der Waals surface area contributed by atoms with Gasteiger partial charge in [0.1, 0.15) is 5.84 Å². The Balaban J connectivity index is 1.34.